The molecular formula is C12H9ClN4O. The highest BCUT2D eigenvalue weighted by Gasteiger charge is 2.12. The molecule has 0 spiro atoms. The van der Waals surface area contributed by atoms with Gasteiger partial charge in [0, 0.05) is 0 Å². The molecule has 18 heavy (non-hydrogen) atoms. The minimum Gasteiger partial charge on any atom is -0.495 e. The normalized spacial score (nSPS) is 10.8. The second kappa shape index (κ2) is 4.27. The van der Waals surface area contributed by atoms with Crippen LogP contribution < -0.4 is 4.74 Å². The molecule has 0 saturated heterocycles. The van der Waals surface area contributed by atoms with Crippen molar-refractivity contribution in [1.82, 2.24) is 19.5 Å². The van der Waals surface area contributed by atoms with Crippen molar-refractivity contribution < 1.29 is 4.74 Å². The number of para-hydroxylation sites is 2. The first-order valence-corrected chi connectivity index (χ1v) is 5.66. The molecule has 0 bridgehead atoms. The predicted molar refractivity (Wildman–Crippen MR) is 68.2 cm³/mol. The lowest BCUT2D eigenvalue weighted by atomic mass is 10.3. The fraction of sp³-hybridized carbons (Fsp3) is 0.0833. The Morgan fingerprint density at radius 3 is 2.83 bits per heavy atom. The van der Waals surface area contributed by atoms with Crippen LogP contribution in [0.1, 0.15) is 0 Å². The number of imidazole rings is 1. The topological polar surface area (TPSA) is 52.8 Å². The smallest absolute Gasteiger partial charge is 0.182 e. The van der Waals surface area contributed by atoms with Gasteiger partial charge in [-0.2, -0.15) is 0 Å². The van der Waals surface area contributed by atoms with E-state index in [1.807, 2.05) is 28.8 Å². The Morgan fingerprint density at radius 2 is 2.00 bits per heavy atom. The Labute approximate surface area is 108 Å². The van der Waals surface area contributed by atoms with E-state index in [0.29, 0.717) is 16.3 Å². The molecular weight excluding hydrogens is 252 g/mol. The molecule has 3 rings (SSSR count). The van der Waals surface area contributed by atoms with Crippen LogP contribution in [0.4, 0.5) is 0 Å². The number of rotatable bonds is 2. The summed E-state index contributed by atoms with van der Waals surface area (Å²) in [5, 5.41) is 0.364. The summed E-state index contributed by atoms with van der Waals surface area (Å²) < 4.78 is 7.14. The van der Waals surface area contributed by atoms with Crippen molar-refractivity contribution in [2.75, 3.05) is 7.11 Å². The van der Waals surface area contributed by atoms with Gasteiger partial charge in [0.25, 0.3) is 0 Å². The maximum absolute atomic E-state index is 6.10. The summed E-state index contributed by atoms with van der Waals surface area (Å²) in [6.07, 6.45) is 3.05. The van der Waals surface area contributed by atoms with Crippen LogP contribution in [0.15, 0.2) is 36.9 Å². The minimum atomic E-state index is 0.364. The van der Waals surface area contributed by atoms with Crippen LogP contribution in [-0.2, 0) is 0 Å². The summed E-state index contributed by atoms with van der Waals surface area (Å²) >= 11 is 6.10. The quantitative estimate of drug-likeness (QED) is 0.664. The average Bonchev–Trinajstić information content (AvgIpc) is 2.84. The molecule has 2 heterocycles. The SMILES string of the molecule is COc1ccccc1-n1cnc2ncnc(Cl)c21. The first-order valence-electron chi connectivity index (χ1n) is 5.28. The highest BCUT2D eigenvalue weighted by Crippen LogP contribution is 2.27. The molecule has 0 aliphatic carbocycles. The van der Waals surface area contributed by atoms with Crippen molar-refractivity contribution in [1.29, 1.82) is 0 Å². The van der Waals surface area contributed by atoms with Crippen molar-refractivity contribution in [2.45, 2.75) is 0 Å². The Bertz CT molecular complexity index is 710. The van der Waals surface area contributed by atoms with Gasteiger partial charge in [0.2, 0.25) is 0 Å². The molecule has 0 unspecified atom stereocenters. The number of benzene rings is 1. The van der Waals surface area contributed by atoms with Gasteiger partial charge in [0.1, 0.15) is 23.9 Å². The Morgan fingerprint density at radius 1 is 1.17 bits per heavy atom. The van der Waals surface area contributed by atoms with Crippen LogP contribution >= 0.6 is 11.6 Å². The number of hydrogen-bond acceptors (Lipinski definition) is 4. The van der Waals surface area contributed by atoms with Gasteiger partial charge in [-0.1, -0.05) is 23.7 Å². The number of hydrogen-bond donors (Lipinski definition) is 0. The van der Waals surface area contributed by atoms with E-state index in [9.17, 15) is 0 Å². The van der Waals surface area contributed by atoms with Crippen LogP contribution in [0.2, 0.25) is 5.15 Å². The zero-order valence-electron chi connectivity index (χ0n) is 9.54. The van der Waals surface area contributed by atoms with E-state index in [4.69, 9.17) is 16.3 Å². The minimum absolute atomic E-state index is 0.364. The number of nitrogens with zero attached hydrogens (tertiary/aromatic N) is 4. The highest BCUT2D eigenvalue weighted by atomic mass is 35.5. The molecule has 2 aromatic heterocycles. The van der Waals surface area contributed by atoms with E-state index in [-0.39, 0.29) is 0 Å². The van der Waals surface area contributed by atoms with Gasteiger partial charge in [0.05, 0.1) is 12.8 Å². The highest BCUT2D eigenvalue weighted by molar-refractivity contribution is 6.33. The maximum atomic E-state index is 6.10. The summed E-state index contributed by atoms with van der Waals surface area (Å²) in [6.45, 7) is 0. The van der Waals surface area contributed by atoms with Crippen molar-refractivity contribution in [3.63, 3.8) is 0 Å². The molecule has 5 nitrogen and oxygen atoms in total. The van der Waals surface area contributed by atoms with E-state index in [1.54, 1.807) is 13.4 Å². The van der Waals surface area contributed by atoms with E-state index >= 15 is 0 Å². The standard InChI is InChI=1S/C12H9ClN4O/c1-18-9-5-3-2-4-8(9)17-7-16-12-10(17)11(13)14-6-15-12/h2-7H,1H3. The second-order valence-electron chi connectivity index (χ2n) is 3.62. The van der Waals surface area contributed by atoms with E-state index < -0.39 is 0 Å². The third-order valence-electron chi connectivity index (χ3n) is 2.64. The fourth-order valence-corrected chi connectivity index (χ4v) is 2.05. The van der Waals surface area contributed by atoms with Crippen molar-refractivity contribution in [2.24, 2.45) is 0 Å². The predicted octanol–water partition coefficient (Wildman–Crippen LogP) is 2.48. The third kappa shape index (κ3) is 1.60. The Balaban J connectivity index is 2.32. The molecule has 0 atom stereocenters. The van der Waals surface area contributed by atoms with Crippen molar-refractivity contribution in [3.8, 4) is 11.4 Å². The molecule has 0 saturated carbocycles. The van der Waals surface area contributed by atoms with Gasteiger partial charge >= 0.3 is 0 Å². The van der Waals surface area contributed by atoms with Gasteiger partial charge in [-0.15, -0.1) is 0 Å². The lowest BCUT2D eigenvalue weighted by Crippen LogP contribution is -1.97. The number of halogens is 1. The first kappa shape index (κ1) is 11.0. The van der Waals surface area contributed by atoms with Crippen molar-refractivity contribution >= 4 is 22.8 Å². The summed E-state index contributed by atoms with van der Waals surface area (Å²) in [7, 11) is 1.62. The summed E-state index contributed by atoms with van der Waals surface area (Å²) in [6, 6.07) is 7.61. The number of aromatic nitrogens is 4. The molecule has 0 radical (unpaired) electrons. The molecule has 1 aromatic carbocycles. The molecule has 3 aromatic rings. The average molecular weight is 261 g/mol. The fourth-order valence-electron chi connectivity index (χ4n) is 1.83. The van der Waals surface area contributed by atoms with E-state index in [0.717, 1.165) is 11.4 Å². The second-order valence-corrected chi connectivity index (χ2v) is 3.98. The largest absolute Gasteiger partial charge is 0.495 e. The van der Waals surface area contributed by atoms with Crippen LogP contribution in [0.5, 0.6) is 5.75 Å². The lowest BCUT2D eigenvalue weighted by Gasteiger charge is -2.09. The molecule has 0 aliphatic heterocycles. The van der Waals surface area contributed by atoms with E-state index in [2.05, 4.69) is 15.0 Å². The molecule has 0 aliphatic rings. The van der Waals surface area contributed by atoms with Crippen LogP contribution in [-0.4, -0.2) is 26.6 Å². The molecule has 90 valence electrons. The maximum Gasteiger partial charge on any atom is 0.182 e. The lowest BCUT2D eigenvalue weighted by molar-refractivity contribution is 0.413. The summed E-state index contributed by atoms with van der Waals surface area (Å²) in [4.78, 5) is 12.3. The Kier molecular flexibility index (Phi) is 2.60. The third-order valence-corrected chi connectivity index (χ3v) is 2.92. The molecule has 6 heteroatoms. The first-order chi connectivity index (χ1) is 8.81. The molecule has 0 fully saturated rings. The van der Waals surface area contributed by atoms with Crippen LogP contribution in [0.25, 0.3) is 16.9 Å². The zero-order chi connectivity index (χ0) is 12.5. The van der Waals surface area contributed by atoms with Crippen molar-refractivity contribution in [3.05, 3.63) is 42.1 Å². The molecule has 0 amide bonds. The summed E-state index contributed by atoms with van der Waals surface area (Å²) in [5.74, 6) is 0.733. The number of ether oxygens (including phenoxy) is 1. The zero-order valence-corrected chi connectivity index (χ0v) is 10.3. The molecule has 0 N–H and O–H groups in total. The van der Waals surface area contributed by atoms with Gasteiger partial charge in [-0.25, -0.2) is 15.0 Å². The van der Waals surface area contributed by atoms with Gasteiger partial charge < -0.3 is 4.74 Å². The van der Waals surface area contributed by atoms with Gasteiger partial charge in [-0.05, 0) is 12.1 Å². The summed E-state index contributed by atoms with van der Waals surface area (Å²) in [5.41, 5.74) is 2.07. The van der Waals surface area contributed by atoms with Gasteiger partial charge in [-0.3, -0.25) is 4.57 Å². The van der Waals surface area contributed by atoms with Crippen LogP contribution in [0, 0.1) is 0 Å². The van der Waals surface area contributed by atoms with Gasteiger partial charge in [0.15, 0.2) is 10.8 Å². The monoisotopic (exact) mass is 260 g/mol. The Hall–Kier alpha value is -2.14. The number of fused-ring (bicyclic) bond motifs is 1. The van der Waals surface area contributed by atoms with Crippen LogP contribution in [0.3, 0.4) is 0 Å². The number of methoxy groups -OCH3 is 1. The van der Waals surface area contributed by atoms with E-state index in [1.165, 1.54) is 6.33 Å².